The van der Waals surface area contributed by atoms with Gasteiger partial charge >= 0.3 is 0 Å². The van der Waals surface area contributed by atoms with E-state index < -0.39 is 0 Å². The first-order valence-corrected chi connectivity index (χ1v) is 9.47. The number of hydrogen-bond acceptors (Lipinski definition) is 4. The zero-order valence-electron chi connectivity index (χ0n) is 16.6. The van der Waals surface area contributed by atoms with Crippen LogP contribution in [0.15, 0.2) is 78.9 Å². The summed E-state index contributed by atoms with van der Waals surface area (Å²) >= 11 is 0. The first kappa shape index (κ1) is 20.3. The minimum atomic E-state index is -0.201. The van der Waals surface area contributed by atoms with Crippen molar-refractivity contribution < 1.29 is 19.0 Å². The van der Waals surface area contributed by atoms with Crippen molar-refractivity contribution in [3.8, 4) is 17.2 Å². The fourth-order valence-corrected chi connectivity index (χ4v) is 2.91. The smallest absolute Gasteiger partial charge is 0.258 e. The van der Waals surface area contributed by atoms with E-state index in [1.54, 1.807) is 19.2 Å². The molecular weight excluding hydrogens is 366 g/mol. The van der Waals surface area contributed by atoms with Crippen molar-refractivity contribution in [2.75, 3.05) is 13.7 Å². The van der Waals surface area contributed by atoms with Crippen molar-refractivity contribution in [1.82, 2.24) is 5.32 Å². The Labute approximate surface area is 171 Å². The molecule has 0 spiro atoms. The molecule has 0 bridgehead atoms. The van der Waals surface area contributed by atoms with E-state index >= 15 is 0 Å². The molecule has 0 aliphatic rings. The highest BCUT2D eigenvalue weighted by molar-refractivity contribution is 5.78. The molecule has 0 aliphatic heterocycles. The third kappa shape index (κ3) is 6.01. The Balaban J connectivity index is 1.46. The number of amides is 1. The van der Waals surface area contributed by atoms with Crippen molar-refractivity contribution in [3.63, 3.8) is 0 Å². The molecule has 5 nitrogen and oxygen atoms in total. The summed E-state index contributed by atoms with van der Waals surface area (Å²) < 4.78 is 16.7. The van der Waals surface area contributed by atoms with Crippen molar-refractivity contribution in [2.45, 2.75) is 19.6 Å². The molecule has 0 aromatic heterocycles. The molecule has 1 unspecified atom stereocenters. The Bertz CT molecular complexity index is 910. The van der Waals surface area contributed by atoms with Crippen LogP contribution in [0.5, 0.6) is 17.2 Å². The first-order valence-electron chi connectivity index (χ1n) is 9.47. The first-order chi connectivity index (χ1) is 14.2. The van der Waals surface area contributed by atoms with Gasteiger partial charge in [0.1, 0.15) is 23.9 Å². The number of hydrogen-bond donors (Lipinski definition) is 1. The van der Waals surface area contributed by atoms with Crippen LogP contribution in [0.4, 0.5) is 0 Å². The average molecular weight is 391 g/mol. The van der Waals surface area contributed by atoms with Gasteiger partial charge in [-0.05, 0) is 42.8 Å². The third-order valence-corrected chi connectivity index (χ3v) is 4.42. The van der Waals surface area contributed by atoms with E-state index in [0.29, 0.717) is 12.4 Å². The van der Waals surface area contributed by atoms with E-state index in [4.69, 9.17) is 14.2 Å². The van der Waals surface area contributed by atoms with Crippen LogP contribution >= 0.6 is 0 Å². The molecule has 1 N–H and O–H groups in total. The lowest BCUT2D eigenvalue weighted by atomic mass is 10.1. The zero-order valence-corrected chi connectivity index (χ0v) is 16.6. The van der Waals surface area contributed by atoms with Gasteiger partial charge in [-0.3, -0.25) is 4.79 Å². The molecule has 0 heterocycles. The lowest BCUT2D eigenvalue weighted by Gasteiger charge is -2.17. The van der Waals surface area contributed by atoms with E-state index in [-0.39, 0.29) is 18.6 Å². The summed E-state index contributed by atoms with van der Waals surface area (Å²) in [6, 6.07) is 24.6. The summed E-state index contributed by atoms with van der Waals surface area (Å²) in [6.07, 6.45) is 0. The molecule has 0 fully saturated rings. The minimum absolute atomic E-state index is 0.0658. The maximum absolute atomic E-state index is 12.2. The van der Waals surface area contributed by atoms with E-state index in [1.165, 1.54) is 0 Å². The second kappa shape index (κ2) is 10.2. The maximum atomic E-state index is 12.2. The van der Waals surface area contributed by atoms with Crippen molar-refractivity contribution in [2.24, 2.45) is 0 Å². The fourth-order valence-electron chi connectivity index (χ4n) is 2.91. The number of benzene rings is 3. The van der Waals surface area contributed by atoms with E-state index in [1.807, 2.05) is 73.7 Å². The van der Waals surface area contributed by atoms with Gasteiger partial charge in [-0.2, -0.15) is 0 Å². The normalized spacial score (nSPS) is 11.4. The van der Waals surface area contributed by atoms with Gasteiger partial charge in [0, 0.05) is 5.56 Å². The zero-order chi connectivity index (χ0) is 20.5. The number of methoxy groups -OCH3 is 1. The lowest BCUT2D eigenvalue weighted by molar-refractivity contribution is -0.123. The number of nitrogens with one attached hydrogen (secondary N) is 1. The molecule has 3 aromatic carbocycles. The maximum Gasteiger partial charge on any atom is 0.258 e. The van der Waals surface area contributed by atoms with Crippen LogP contribution < -0.4 is 19.5 Å². The number of carbonyl (C=O) groups is 1. The Morgan fingerprint density at radius 3 is 2.17 bits per heavy atom. The second-order valence-corrected chi connectivity index (χ2v) is 6.57. The third-order valence-electron chi connectivity index (χ3n) is 4.42. The Kier molecular flexibility index (Phi) is 7.11. The highest BCUT2D eigenvalue weighted by Gasteiger charge is 2.14. The molecule has 1 atom stereocenters. The van der Waals surface area contributed by atoms with Gasteiger partial charge in [0.2, 0.25) is 0 Å². The molecule has 1 amide bonds. The predicted octanol–water partition coefficient (Wildman–Crippen LogP) is 4.53. The fraction of sp³-hybridized carbons (Fsp3) is 0.208. The van der Waals surface area contributed by atoms with Gasteiger partial charge in [-0.25, -0.2) is 0 Å². The van der Waals surface area contributed by atoms with Gasteiger partial charge in [-0.15, -0.1) is 0 Å². The molecular formula is C24H25NO4. The van der Waals surface area contributed by atoms with Crippen LogP contribution in [0.2, 0.25) is 0 Å². The van der Waals surface area contributed by atoms with Crippen molar-refractivity contribution >= 4 is 5.91 Å². The highest BCUT2D eigenvalue weighted by Crippen LogP contribution is 2.24. The van der Waals surface area contributed by atoms with Crippen LogP contribution in [0.3, 0.4) is 0 Å². The minimum Gasteiger partial charge on any atom is -0.496 e. The largest absolute Gasteiger partial charge is 0.496 e. The van der Waals surface area contributed by atoms with E-state index in [0.717, 1.165) is 22.6 Å². The monoisotopic (exact) mass is 391 g/mol. The summed E-state index contributed by atoms with van der Waals surface area (Å²) in [7, 11) is 1.61. The molecule has 0 aliphatic carbocycles. The van der Waals surface area contributed by atoms with Gasteiger partial charge in [-0.1, -0.05) is 48.5 Å². The number of carbonyl (C=O) groups excluding carboxylic acids is 1. The quantitative estimate of drug-likeness (QED) is 0.582. The Morgan fingerprint density at radius 1 is 0.862 bits per heavy atom. The standard InChI is InChI=1S/C24H25NO4/c1-18(22-10-6-7-11-23(22)27-2)25-24(26)17-29-21-14-12-20(13-15-21)28-16-19-8-4-3-5-9-19/h3-15,18H,16-17H2,1-2H3,(H,25,26). The molecule has 29 heavy (non-hydrogen) atoms. The Hall–Kier alpha value is -3.47. The van der Waals surface area contributed by atoms with Crippen LogP contribution in [0.1, 0.15) is 24.1 Å². The summed E-state index contributed by atoms with van der Waals surface area (Å²) in [5, 5.41) is 2.92. The van der Waals surface area contributed by atoms with Gasteiger partial charge in [0.25, 0.3) is 5.91 Å². The molecule has 0 saturated carbocycles. The number of rotatable bonds is 9. The number of ether oxygens (including phenoxy) is 3. The van der Waals surface area contributed by atoms with E-state index in [9.17, 15) is 4.79 Å². The summed E-state index contributed by atoms with van der Waals surface area (Å²) in [6.45, 7) is 2.35. The summed E-state index contributed by atoms with van der Waals surface area (Å²) in [5.41, 5.74) is 2.02. The van der Waals surface area contributed by atoms with Crippen LogP contribution in [0, 0.1) is 0 Å². The molecule has 0 radical (unpaired) electrons. The molecule has 150 valence electrons. The van der Waals surface area contributed by atoms with Gasteiger partial charge in [0.05, 0.1) is 13.2 Å². The van der Waals surface area contributed by atoms with Crippen molar-refractivity contribution in [1.29, 1.82) is 0 Å². The average Bonchev–Trinajstić information content (AvgIpc) is 2.77. The second-order valence-electron chi connectivity index (χ2n) is 6.57. The number of para-hydroxylation sites is 1. The van der Waals surface area contributed by atoms with Gasteiger partial charge in [0.15, 0.2) is 6.61 Å². The van der Waals surface area contributed by atoms with Crippen LogP contribution in [-0.4, -0.2) is 19.6 Å². The SMILES string of the molecule is COc1ccccc1C(C)NC(=O)COc1ccc(OCc2ccccc2)cc1. The predicted molar refractivity (Wildman–Crippen MR) is 112 cm³/mol. The van der Waals surface area contributed by atoms with Crippen LogP contribution in [-0.2, 0) is 11.4 Å². The Morgan fingerprint density at radius 2 is 1.48 bits per heavy atom. The topological polar surface area (TPSA) is 56.8 Å². The van der Waals surface area contributed by atoms with E-state index in [2.05, 4.69) is 5.32 Å². The van der Waals surface area contributed by atoms with Crippen LogP contribution in [0.25, 0.3) is 0 Å². The highest BCUT2D eigenvalue weighted by atomic mass is 16.5. The molecule has 0 saturated heterocycles. The van der Waals surface area contributed by atoms with Crippen molar-refractivity contribution in [3.05, 3.63) is 90.0 Å². The molecule has 5 heteroatoms. The lowest BCUT2D eigenvalue weighted by Crippen LogP contribution is -2.31. The molecule has 3 rings (SSSR count). The summed E-state index contributed by atoms with van der Waals surface area (Å²) in [4.78, 5) is 12.2. The van der Waals surface area contributed by atoms with Gasteiger partial charge < -0.3 is 19.5 Å². The summed E-state index contributed by atoms with van der Waals surface area (Å²) in [5.74, 6) is 1.90. The molecule has 3 aromatic rings.